The van der Waals surface area contributed by atoms with Crippen molar-refractivity contribution < 1.29 is 9.50 Å². The van der Waals surface area contributed by atoms with Gasteiger partial charge in [0.05, 0.1) is 5.52 Å². The highest BCUT2D eigenvalue weighted by Crippen LogP contribution is 2.44. The number of aromatic nitrogens is 1. The van der Waals surface area contributed by atoms with Gasteiger partial charge in [-0.3, -0.25) is 4.98 Å². The Bertz CT molecular complexity index is 840. The lowest BCUT2D eigenvalue weighted by Gasteiger charge is -2.26. The highest BCUT2D eigenvalue weighted by molar-refractivity contribution is 5.83. The highest BCUT2D eigenvalue weighted by Gasteiger charge is 2.39. The Labute approximate surface area is 121 Å². The molecule has 0 saturated heterocycles. The van der Waals surface area contributed by atoms with Gasteiger partial charge in [0, 0.05) is 11.6 Å². The highest BCUT2D eigenvalue weighted by atomic mass is 19.1. The van der Waals surface area contributed by atoms with Crippen molar-refractivity contribution in [1.29, 1.82) is 0 Å². The van der Waals surface area contributed by atoms with Crippen LogP contribution in [-0.4, -0.2) is 10.1 Å². The number of rotatable bonds is 1. The van der Waals surface area contributed by atoms with Crippen LogP contribution in [0.1, 0.15) is 23.1 Å². The van der Waals surface area contributed by atoms with E-state index in [4.69, 9.17) is 0 Å². The topological polar surface area (TPSA) is 33.1 Å². The van der Waals surface area contributed by atoms with E-state index in [9.17, 15) is 9.50 Å². The molecule has 1 aliphatic carbocycles. The van der Waals surface area contributed by atoms with Gasteiger partial charge in [-0.2, -0.15) is 0 Å². The average Bonchev–Trinajstić information content (AvgIpc) is 2.84. The van der Waals surface area contributed by atoms with Gasteiger partial charge >= 0.3 is 0 Å². The molecule has 0 aliphatic heterocycles. The molecule has 1 aromatic heterocycles. The summed E-state index contributed by atoms with van der Waals surface area (Å²) in [5.74, 6) is -0.252. The lowest BCUT2D eigenvalue weighted by Crippen LogP contribution is -2.24. The summed E-state index contributed by atoms with van der Waals surface area (Å²) in [7, 11) is 0. The first-order valence-electron chi connectivity index (χ1n) is 7.04. The molecule has 21 heavy (non-hydrogen) atoms. The smallest absolute Gasteiger partial charge is 0.123 e. The van der Waals surface area contributed by atoms with E-state index in [0.717, 1.165) is 27.6 Å². The molecule has 1 aliphatic rings. The molecule has 2 nitrogen and oxygen atoms in total. The molecule has 0 saturated carbocycles. The maximum absolute atomic E-state index is 13.4. The minimum atomic E-state index is -1.06. The zero-order chi connectivity index (χ0) is 14.4. The Morgan fingerprint density at radius 2 is 1.95 bits per heavy atom. The fraction of sp³-hybridized carbons (Fsp3) is 0.167. The number of hydrogen-bond donors (Lipinski definition) is 1. The van der Waals surface area contributed by atoms with Crippen LogP contribution in [0, 0.1) is 5.82 Å². The van der Waals surface area contributed by atoms with Crippen LogP contribution in [0.3, 0.4) is 0 Å². The third kappa shape index (κ3) is 1.78. The Morgan fingerprint density at radius 3 is 2.86 bits per heavy atom. The molecular formula is C18H14FNO. The van der Waals surface area contributed by atoms with E-state index in [1.807, 2.05) is 30.3 Å². The second kappa shape index (κ2) is 4.37. The Balaban J connectivity index is 1.98. The molecule has 1 N–H and O–H groups in total. The number of halogens is 1. The lowest BCUT2D eigenvalue weighted by molar-refractivity contribution is 0.0845. The quantitative estimate of drug-likeness (QED) is 0.739. The van der Waals surface area contributed by atoms with E-state index in [1.54, 1.807) is 12.3 Å². The van der Waals surface area contributed by atoms with Crippen molar-refractivity contribution in [3.05, 3.63) is 77.2 Å². The Morgan fingerprint density at radius 1 is 1.05 bits per heavy atom. The number of pyridine rings is 1. The molecule has 0 spiro atoms. The number of aryl methyl sites for hydroxylation is 1. The van der Waals surface area contributed by atoms with E-state index >= 15 is 0 Å². The van der Waals surface area contributed by atoms with Crippen molar-refractivity contribution >= 4 is 10.9 Å². The molecule has 4 rings (SSSR count). The zero-order valence-electron chi connectivity index (χ0n) is 11.4. The SMILES string of the molecule is OC1(c2cccc3ncccc23)CCc2cc(F)ccc21. The third-order valence-corrected chi connectivity index (χ3v) is 4.36. The molecule has 2 aromatic carbocycles. The van der Waals surface area contributed by atoms with E-state index in [2.05, 4.69) is 4.98 Å². The molecule has 0 bridgehead atoms. The molecule has 0 amide bonds. The van der Waals surface area contributed by atoms with Crippen molar-refractivity contribution in [2.45, 2.75) is 18.4 Å². The summed E-state index contributed by atoms with van der Waals surface area (Å²) in [6.45, 7) is 0. The second-order valence-corrected chi connectivity index (χ2v) is 5.54. The maximum Gasteiger partial charge on any atom is 0.123 e. The average molecular weight is 279 g/mol. The van der Waals surface area contributed by atoms with E-state index in [1.165, 1.54) is 12.1 Å². The molecule has 3 aromatic rings. The first-order valence-corrected chi connectivity index (χ1v) is 7.04. The molecule has 1 atom stereocenters. The van der Waals surface area contributed by atoms with E-state index in [0.29, 0.717) is 12.8 Å². The normalized spacial score (nSPS) is 20.7. The molecule has 0 radical (unpaired) electrons. The molecule has 1 heterocycles. The van der Waals surface area contributed by atoms with Gasteiger partial charge in [0.15, 0.2) is 0 Å². The van der Waals surface area contributed by atoms with Gasteiger partial charge in [0.25, 0.3) is 0 Å². The number of nitrogens with zero attached hydrogens (tertiary/aromatic N) is 1. The van der Waals surface area contributed by atoms with Crippen molar-refractivity contribution in [2.24, 2.45) is 0 Å². The maximum atomic E-state index is 13.4. The lowest BCUT2D eigenvalue weighted by atomic mass is 9.85. The third-order valence-electron chi connectivity index (χ3n) is 4.36. The molecular weight excluding hydrogens is 265 g/mol. The first kappa shape index (κ1) is 12.5. The molecule has 104 valence electrons. The minimum Gasteiger partial charge on any atom is -0.380 e. The number of aliphatic hydroxyl groups is 1. The minimum absolute atomic E-state index is 0.252. The monoisotopic (exact) mass is 279 g/mol. The Kier molecular flexibility index (Phi) is 2.59. The number of benzene rings is 2. The van der Waals surface area contributed by atoms with Crippen molar-refractivity contribution in [1.82, 2.24) is 4.98 Å². The van der Waals surface area contributed by atoms with E-state index < -0.39 is 5.60 Å². The number of hydrogen-bond acceptors (Lipinski definition) is 2. The molecule has 1 unspecified atom stereocenters. The fourth-order valence-electron chi connectivity index (χ4n) is 3.37. The van der Waals surface area contributed by atoms with Gasteiger partial charge in [-0.05, 0) is 53.8 Å². The van der Waals surface area contributed by atoms with E-state index in [-0.39, 0.29) is 5.82 Å². The van der Waals surface area contributed by atoms with Gasteiger partial charge < -0.3 is 5.11 Å². The summed E-state index contributed by atoms with van der Waals surface area (Å²) in [4.78, 5) is 4.34. The largest absolute Gasteiger partial charge is 0.380 e. The van der Waals surface area contributed by atoms with Crippen LogP contribution < -0.4 is 0 Å². The van der Waals surface area contributed by atoms with Gasteiger partial charge in [-0.25, -0.2) is 4.39 Å². The predicted molar refractivity (Wildman–Crippen MR) is 79.5 cm³/mol. The van der Waals surface area contributed by atoms with Crippen LogP contribution >= 0.6 is 0 Å². The molecule has 3 heteroatoms. The van der Waals surface area contributed by atoms with Gasteiger partial charge in [-0.15, -0.1) is 0 Å². The summed E-state index contributed by atoms with van der Waals surface area (Å²) >= 11 is 0. The first-order chi connectivity index (χ1) is 10.2. The van der Waals surface area contributed by atoms with Crippen molar-refractivity contribution in [3.8, 4) is 0 Å². The Hall–Kier alpha value is -2.26. The second-order valence-electron chi connectivity index (χ2n) is 5.54. The summed E-state index contributed by atoms with van der Waals surface area (Å²) in [5.41, 5.74) is 2.34. The van der Waals surface area contributed by atoms with Gasteiger partial charge in [-0.1, -0.05) is 24.3 Å². The standard InChI is InChI=1S/C18H14FNO/c19-13-6-7-15-12(11-13)8-9-18(15,21)16-4-1-5-17-14(16)3-2-10-20-17/h1-7,10-11,21H,8-9H2. The van der Waals surface area contributed by atoms with Crippen LogP contribution in [0.25, 0.3) is 10.9 Å². The van der Waals surface area contributed by atoms with Crippen molar-refractivity contribution in [3.63, 3.8) is 0 Å². The van der Waals surface area contributed by atoms with Gasteiger partial charge in [0.1, 0.15) is 11.4 Å². The van der Waals surface area contributed by atoms with Crippen LogP contribution in [0.15, 0.2) is 54.7 Å². The van der Waals surface area contributed by atoms with Crippen molar-refractivity contribution in [2.75, 3.05) is 0 Å². The van der Waals surface area contributed by atoms with Crippen LogP contribution in [-0.2, 0) is 12.0 Å². The number of fused-ring (bicyclic) bond motifs is 2. The summed E-state index contributed by atoms with van der Waals surface area (Å²) in [6.07, 6.45) is 2.99. The van der Waals surface area contributed by atoms with Crippen LogP contribution in [0.2, 0.25) is 0 Å². The van der Waals surface area contributed by atoms with Crippen LogP contribution in [0.4, 0.5) is 4.39 Å². The molecule has 0 fully saturated rings. The predicted octanol–water partition coefficient (Wildman–Crippen LogP) is 3.56. The van der Waals surface area contributed by atoms with Gasteiger partial charge in [0.2, 0.25) is 0 Å². The summed E-state index contributed by atoms with van der Waals surface area (Å²) in [5, 5.41) is 12.2. The zero-order valence-corrected chi connectivity index (χ0v) is 11.4. The van der Waals surface area contributed by atoms with Crippen LogP contribution in [0.5, 0.6) is 0 Å². The summed E-state index contributed by atoms with van der Waals surface area (Å²) in [6, 6.07) is 14.3. The fourth-order valence-corrected chi connectivity index (χ4v) is 3.37. The summed E-state index contributed by atoms with van der Waals surface area (Å²) < 4.78 is 13.4.